The highest BCUT2D eigenvalue weighted by Crippen LogP contribution is 2.42. The Morgan fingerprint density at radius 2 is 1.90 bits per heavy atom. The number of rotatable bonds is 4. The third kappa shape index (κ3) is 3.17. The minimum atomic E-state index is 0.408. The van der Waals surface area contributed by atoms with Gasteiger partial charge in [0.15, 0.2) is 5.65 Å². The molecule has 1 spiro atoms. The zero-order chi connectivity index (χ0) is 20.3. The molecule has 162 valence electrons. The lowest BCUT2D eigenvalue weighted by molar-refractivity contribution is -0.000444. The quantitative estimate of drug-likeness (QED) is 0.807. The van der Waals surface area contributed by atoms with Crippen LogP contribution < -0.4 is 15.5 Å². The summed E-state index contributed by atoms with van der Waals surface area (Å²) >= 11 is 0. The summed E-state index contributed by atoms with van der Waals surface area (Å²) in [4.78, 5) is 7.55. The van der Waals surface area contributed by atoms with Crippen molar-refractivity contribution in [2.75, 3.05) is 36.5 Å². The van der Waals surface area contributed by atoms with E-state index in [9.17, 15) is 0 Å². The van der Waals surface area contributed by atoms with E-state index >= 15 is 0 Å². The van der Waals surface area contributed by atoms with Crippen molar-refractivity contribution >= 4 is 17.3 Å². The van der Waals surface area contributed by atoms with Gasteiger partial charge in [0.25, 0.3) is 0 Å². The van der Waals surface area contributed by atoms with Crippen LogP contribution in [-0.2, 0) is 4.74 Å². The summed E-state index contributed by atoms with van der Waals surface area (Å²) in [5.74, 6) is 2.61. The van der Waals surface area contributed by atoms with Crippen LogP contribution in [0.5, 0.6) is 0 Å². The number of piperidine rings is 1. The van der Waals surface area contributed by atoms with Gasteiger partial charge in [0.05, 0.1) is 6.20 Å². The van der Waals surface area contributed by atoms with Gasteiger partial charge < -0.3 is 20.3 Å². The van der Waals surface area contributed by atoms with Crippen molar-refractivity contribution in [1.82, 2.24) is 19.9 Å². The third-order valence-corrected chi connectivity index (χ3v) is 7.86. The number of fused-ring (bicyclic) bond motifs is 3. The standard InChI is InChI=1S/C23H34N6O/c1-15(2)19-12-24-29-21(26-18-9-16-3-4-17(10-18)25-16)11-20(27-22(19)29)28-13-23(14-28)5-7-30-8-6-23/h11-12,15-18,25-26H,3-10,13-14H2,1-2H3. The largest absolute Gasteiger partial charge is 0.381 e. The van der Waals surface area contributed by atoms with Gasteiger partial charge in [-0.25, -0.2) is 4.98 Å². The van der Waals surface area contributed by atoms with Gasteiger partial charge in [-0.1, -0.05) is 13.8 Å². The van der Waals surface area contributed by atoms with Gasteiger partial charge in [0, 0.05) is 61.5 Å². The summed E-state index contributed by atoms with van der Waals surface area (Å²) in [6.07, 6.45) is 9.39. The molecule has 0 amide bonds. The molecule has 2 unspecified atom stereocenters. The summed E-state index contributed by atoms with van der Waals surface area (Å²) in [7, 11) is 0. The topological polar surface area (TPSA) is 66.7 Å². The number of nitrogens with one attached hydrogen (secondary N) is 2. The second kappa shape index (κ2) is 7.09. The SMILES string of the molecule is CC(C)c1cnn2c(NC3CC4CCC(C3)N4)cc(N3CC4(CCOCC4)C3)nc12. The molecule has 6 rings (SSSR count). The van der Waals surface area contributed by atoms with Crippen LogP contribution in [0, 0.1) is 5.41 Å². The van der Waals surface area contributed by atoms with Crippen LogP contribution in [0.2, 0.25) is 0 Å². The van der Waals surface area contributed by atoms with Crippen LogP contribution in [0.4, 0.5) is 11.6 Å². The maximum absolute atomic E-state index is 5.60. The van der Waals surface area contributed by atoms with Crippen molar-refractivity contribution in [3.8, 4) is 0 Å². The molecule has 7 nitrogen and oxygen atoms in total. The van der Waals surface area contributed by atoms with E-state index in [0.717, 1.165) is 43.6 Å². The Bertz CT molecular complexity index is 913. The van der Waals surface area contributed by atoms with E-state index in [1.165, 1.54) is 44.1 Å². The summed E-state index contributed by atoms with van der Waals surface area (Å²) < 4.78 is 7.63. The lowest BCUT2D eigenvalue weighted by atomic mass is 9.73. The molecule has 4 aliphatic heterocycles. The summed E-state index contributed by atoms with van der Waals surface area (Å²) in [6, 6.07) is 4.09. The summed E-state index contributed by atoms with van der Waals surface area (Å²) in [5, 5.41) is 12.3. The Hall–Kier alpha value is -1.86. The molecule has 2 aromatic rings. The number of nitrogens with zero attached hydrogens (tertiary/aromatic N) is 4. The Morgan fingerprint density at radius 3 is 2.60 bits per heavy atom. The van der Waals surface area contributed by atoms with Gasteiger partial charge >= 0.3 is 0 Å². The molecule has 2 atom stereocenters. The fraction of sp³-hybridized carbons (Fsp3) is 0.739. The molecule has 0 aromatic carbocycles. The average Bonchev–Trinajstić information content (AvgIpc) is 3.29. The van der Waals surface area contributed by atoms with Crippen molar-refractivity contribution in [1.29, 1.82) is 0 Å². The molecule has 0 aliphatic carbocycles. The van der Waals surface area contributed by atoms with Gasteiger partial charge in [-0.3, -0.25) is 0 Å². The van der Waals surface area contributed by atoms with E-state index in [4.69, 9.17) is 14.8 Å². The lowest BCUT2D eigenvalue weighted by Crippen LogP contribution is -2.58. The number of ether oxygens (including phenoxy) is 1. The molecule has 0 radical (unpaired) electrons. The molecule has 2 bridgehead atoms. The highest BCUT2D eigenvalue weighted by Gasteiger charge is 2.44. The van der Waals surface area contributed by atoms with Crippen molar-refractivity contribution in [2.24, 2.45) is 5.41 Å². The highest BCUT2D eigenvalue weighted by molar-refractivity contribution is 5.63. The maximum Gasteiger partial charge on any atom is 0.163 e. The monoisotopic (exact) mass is 410 g/mol. The minimum absolute atomic E-state index is 0.408. The second-order valence-electron chi connectivity index (χ2n) is 10.4. The zero-order valence-electron chi connectivity index (χ0n) is 18.2. The van der Waals surface area contributed by atoms with Gasteiger partial charge in [-0.05, 0) is 44.4 Å². The Kier molecular flexibility index (Phi) is 4.46. The third-order valence-electron chi connectivity index (χ3n) is 7.86. The molecule has 4 aliphatic rings. The number of aromatic nitrogens is 3. The van der Waals surface area contributed by atoms with Crippen molar-refractivity contribution in [3.05, 3.63) is 17.8 Å². The lowest BCUT2D eigenvalue weighted by Gasteiger charge is -2.52. The fourth-order valence-electron chi connectivity index (χ4n) is 6.07. The van der Waals surface area contributed by atoms with Gasteiger partial charge in [-0.2, -0.15) is 9.61 Å². The molecular formula is C23H34N6O. The fourth-order valence-corrected chi connectivity index (χ4v) is 6.07. The van der Waals surface area contributed by atoms with Crippen molar-refractivity contribution < 1.29 is 4.74 Å². The predicted octanol–water partition coefficient (Wildman–Crippen LogP) is 3.16. The molecule has 2 N–H and O–H groups in total. The van der Waals surface area contributed by atoms with Crippen LogP contribution in [0.1, 0.15) is 63.9 Å². The van der Waals surface area contributed by atoms with Crippen LogP contribution in [0.3, 0.4) is 0 Å². The van der Waals surface area contributed by atoms with E-state index in [0.29, 0.717) is 29.5 Å². The van der Waals surface area contributed by atoms with Crippen molar-refractivity contribution in [2.45, 2.75) is 76.4 Å². The first-order valence-corrected chi connectivity index (χ1v) is 11.8. The molecule has 6 heterocycles. The van der Waals surface area contributed by atoms with Crippen molar-refractivity contribution in [3.63, 3.8) is 0 Å². The number of hydrogen-bond acceptors (Lipinski definition) is 6. The van der Waals surface area contributed by atoms with Crippen LogP contribution in [0.25, 0.3) is 5.65 Å². The molecule has 4 saturated heterocycles. The van der Waals surface area contributed by atoms with E-state index in [2.05, 4.69) is 35.4 Å². The van der Waals surface area contributed by atoms with Crippen LogP contribution in [0.15, 0.2) is 12.3 Å². The molecule has 2 aromatic heterocycles. The zero-order valence-corrected chi connectivity index (χ0v) is 18.2. The Labute approximate surface area is 178 Å². The Balaban J connectivity index is 1.31. The van der Waals surface area contributed by atoms with E-state index in [1.807, 2.05) is 10.7 Å². The highest BCUT2D eigenvalue weighted by atomic mass is 16.5. The first kappa shape index (κ1) is 18.9. The van der Waals surface area contributed by atoms with E-state index < -0.39 is 0 Å². The minimum Gasteiger partial charge on any atom is -0.381 e. The first-order chi connectivity index (χ1) is 14.6. The molecule has 4 fully saturated rings. The van der Waals surface area contributed by atoms with Gasteiger partial charge in [0.2, 0.25) is 0 Å². The van der Waals surface area contributed by atoms with E-state index in [1.54, 1.807) is 0 Å². The molecule has 30 heavy (non-hydrogen) atoms. The first-order valence-electron chi connectivity index (χ1n) is 11.8. The number of anilines is 2. The molecular weight excluding hydrogens is 376 g/mol. The predicted molar refractivity (Wildman–Crippen MR) is 118 cm³/mol. The van der Waals surface area contributed by atoms with Crippen LogP contribution in [-0.4, -0.2) is 59.0 Å². The Morgan fingerprint density at radius 1 is 1.17 bits per heavy atom. The van der Waals surface area contributed by atoms with Gasteiger partial charge in [0.1, 0.15) is 11.6 Å². The van der Waals surface area contributed by atoms with E-state index in [-0.39, 0.29) is 0 Å². The van der Waals surface area contributed by atoms with Gasteiger partial charge in [-0.15, -0.1) is 0 Å². The molecule has 7 heteroatoms. The number of hydrogen-bond donors (Lipinski definition) is 2. The average molecular weight is 411 g/mol. The van der Waals surface area contributed by atoms with Crippen LogP contribution >= 0.6 is 0 Å². The molecule has 0 saturated carbocycles. The normalized spacial score (nSPS) is 30.2. The summed E-state index contributed by atoms with van der Waals surface area (Å²) in [5.41, 5.74) is 2.68. The maximum atomic E-state index is 5.60. The summed E-state index contributed by atoms with van der Waals surface area (Å²) in [6.45, 7) is 8.47. The smallest absolute Gasteiger partial charge is 0.163 e. The second-order valence-corrected chi connectivity index (χ2v) is 10.4.